The SMILES string of the molecule is COc1ccc(Br)c(-c2nnc3ccc(Cl)nn23)c1. The summed E-state index contributed by atoms with van der Waals surface area (Å²) in [6, 6.07) is 9.05. The van der Waals surface area contributed by atoms with Gasteiger partial charge in [0.2, 0.25) is 0 Å². The van der Waals surface area contributed by atoms with Gasteiger partial charge in [-0.15, -0.1) is 10.2 Å². The van der Waals surface area contributed by atoms with E-state index in [1.807, 2.05) is 18.2 Å². The highest BCUT2D eigenvalue weighted by molar-refractivity contribution is 9.10. The molecule has 0 aliphatic rings. The van der Waals surface area contributed by atoms with E-state index in [9.17, 15) is 0 Å². The maximum atomic E-state index is 5.91. The fraction of sp³-hybridized carbons (Fsp3) is 0.0833. The van der Waals surface area contributed by atoms with Gasteiger partial charge in [-0.3, -0.25) is 0 Å². The van der Waals surface area contributed by atoms with Crippen molar-refractivity contribution in [2.75, 3.05) is 7.11 Å². The first-order valence-electron chi connectivity index (χ1n) is 5.41. The maximum Gasteiger partial charge on any atom is 0.186 e. The minimum atomic E-state index is 0.382. The lowest BCUT2D eigenvalue weighted by Crippen LogP contribution is -1.96. The van der Waals surface area contributed by atoms with Gasteiger partial charge < -0.3 is 4.74 Å². The van der Waals surface area contributed by atoms with E-state index in [0.29, 0.717) is 16.6 Å². The fourth-order valence-electron chi connectivity index (χ4n) is 1.74. The third-order valence-corrected chi connectivity index (χ3v) is 3.54. The second-order valence-corrected chi connectivity index (χ2v) is 5.04. The van der Waals surface area contributed by atoms with Gasteiger partial charge >= 0.3 is 0 Å². The van der Waals surface area contributed by atoms with Crippen LogP contribution in [0.1, 0.15) is 0 Å². The first kappa shape index (κ1) is 12.4. The van der Waals surface area contributed by atoms with E-state index in [1.165, 1.54) is 0 Å². The average Bonchev–Trinajstić information content (AvgIpc) is 2.82. The van der Waals surface area contributed by atoms with E-state index in [0.717, 1.165) is 15.8 Å². The largest absolute Gasteiger partial charge is 0.497 e. The summed E-state index contributed by atoms with van der Waals surface area (Å²) in [6.07, 6.45) is 0. The Kier molecular flexibility index (Phi) is 3.12. The summed E-state index contributed by atoms with van der Waals surface area (Å²) in [6.45, 7) is 0. The second kappa shape index (κ2) is 4.79. The Labute approximate surface area is 122 Å². The highest BCUT2D eigenvalue weighted by Crippen LogP contribution is 2.30. The van der Waals surface area contributed by atoms with E-state index >= 15 is 0 Å². The van der Waals surface area contributed by atoms with Gasteiger partial charge in [0.15, 0.2) is 11.5 Å². The molecule has 1 aromatic carbocycles. The van der Waals surface area contributed by atoms with Gasteiger partial charge in [0, 0.05) is 10.0 Å². The number of fused-ring (bicyclic) bond motifs is 1. The lowest BCUT2D eigenvalue weighted by atomic mass is 10.2. The molecule has 3 rings (SSSR count). The normalized spacial score (nSPS) is 10.9. The van der Waals surface area contributed by atoms with Crippen molar-refractivity contribution in [2.24, 2.45) is 0 Å². The molecule has 0 bridgehead atoms. The van der Waals surface area contributed by atoms with Gasteiger partial charge in [0.1, 0.15) is 10.9 Å². The predicted octanol–water partition coefficient (Wildman–Crippen LogP) is 3.22. The molecule has 0 radical (unpaired) electrons. The van der Waals surface area contributed by atoms with Crippen LogP contribution in [0.4, 0.5) is 0 Å². The van der Waals surface area contributed by atoms with Crippen LogP contribution >= 0.6 is 27.5 Å². The lowest BCUT2D eigenvalue weighted by Gasteiger charge is -2.05. The van der Waals surface area contributed by atoms with Crippen LogP contribution < -0.4 is 4.74 Å². The molecule has 0 unspecified atom stereocenters. The molecule has 0 atom stereocenters. The van der Waals surface area contributed by atoms with Crippen LogP contribution in [0.25, 0.3) is 17.0 Å². The fourth-order valence-corrected chi connectivity index (χ4v) is 2.30. The van der Waals surface area contributed by atoms with E-state index < -0.39 is 0 Å². The molecule has 0 aliphatic heterocycles. The van der Waals surface area contributed by atoms with E-state index in [2.05, 4.69) is 31.2 Å². The summed E-state index contributed by atoms with van der Waals surface area (Å²) in [5.41, 5.74) is 1.47. The topological polar surface area (TPSA) is 52.3 Å². The van der Waals surface area contributed by atoms with Gasteiger partial charge in [-0.2, -0.15) is 9.61 Å². The number of benzene rings is 1. The van der Waals surface area contributed by atoms with Crippen molar-refractivity contribution in [3.05, 3.63) is 40.0 Å². The van der Waals surface area contributed by atoms with Crippen LogP contribution in [0, 0.1) is 0 Å². The summed E-state index contributed by atoms with van der Waals surface area (Å²) in [7, 11) is 1.62. The molecule has 7 heteroatoms. The molecule has 0 amide bonds. The Hall–Kier alpha value is -1.66. The number of methoxy groups -OCH3 is 1. The van der Waals surface area contributed by atoms with Crippen LogP contribution in [0.5, 0.6) is 5.75 Å². The van der Waals surface area contributed by atoms with E-state index in [4.69, 9.17) is 16.3 Å². The molecule has 0 saturated carbocycles. The molecule has 3 aromatic rings. The molecule has 2 aromatic heterocycles. The number of ether oxygens (including phenoxy) is 1. The van der Waals surface area contributed by atoms with Gasteiger partial charge in [-0.1, -0.05) is 27.5 Å². The summed E-state index contributed by atoms with van der Waals surface area (Å²) in [4.78, 5) is 0. The van der Waals surface area contributed by atoms with E-state index in [1.54, 1.807) is 23.8 Å². The first-order chi connectivity index (χ1) is 9.19. The first-order valence-corrected chi connectivity index (χ1v) is 6.58. The molecular weight excluding hydrogens is 332 g/mol. The third-order valence-electron chi connectivity index (χ3n) is 2.64. The number of aromatic nitrogens is 4. The number of rotatable bonds is 2. The van der Waals surface area contributed by atoms with E-state index in [-0.39, 0.29) is 0 Å². The molecule has 2 heterocycles. The van der Waals surface area contributed by atoms with Gasteiger partial charge in [-0.25, -0.2) is 0 Å². The molecule has 19 heavy (non-hydrogen) atoms. The highest BCUT2D eigenvalue weighted by atomic mass is 79.9. The summed E-state index contributed by atoms with van der Waals surface area (Å²) < 4.78 is 7.70. The van der Waals surface area contributed by atoms with Crippen molar-refractivity contribution in [3.63, 3.8) is 0 Å². The molecule has 96 valence electrons. The van der Waals surface area contributed by atoms with Crippen molar-refractivity contribution < 1.29 is 4.74 Å². The van der Waals surface area contributed by atoms with Crippen LogP contribution in [-0.2, 0) is 0 Å². The van der Waals surface area contributed by atoms with Crippen LogP contribution in [0.3, 0.4) is 0 Å². The maximum absolute atomic E-state index is 5.91. The Morgan fingerprint density at radius 2 is 2.05 bits per heavy atom. The molecular formula is C12H8BrClN4O. The molecule has 5 nitrogen and oxygen atoms in total. The van der Waals surface area contributed by atoms with Crippen LogP contribution in [0.15, 0.2) is 34.8 Å². The van der Waals surface area contributed by atoms with Crippen molar-refractivity contribution in [1.82, 2.24) is 19.8 Å². The summed E-state index contributed by atoms with van der Waals surface area (Å²) in [5, 5.41) is 12.8. The zero-order valence-corrected chi connectivity index (χ0v) is 12.2. The van der Waals surface area contributed by atoms with Crippen molar-refractivity contribution in [2.45, 2.75) is 0 Å². The molecule has 0 fully saturated rings. The summed E-state index contributed by atoms with van der Waals surface area (Å²) in [5.74, 6) is 1.33. The lowest BCUT2D eigenvalue weighted by molar-refractivity contribution is 0.415. The second-order valence-electron chi connectivity index (χ2n) is 3.80. The third kappa shape index (κ3) is 2.17. The Morgan fingerprint density at radius 3 is 2.84 bits per heavy atom. The molecule has 0 saturated heterocycles. The Morgan fingerprint density at radius 1 is 1.21 bits per heavy atom. The standard InChI is InChI=1S/C12H8BrClN4O/c1-19-7-2-3-9(13)8(6-7)12-16-15-11-5-4-10(14)17-18(11)12/h2-6H,1H3. The average molecular weight is 340 g/mol. The van der Waals surface area contributed by atoms with Crippen molar-refractivity contribution in [1.29, 1.82) is 0 Å². The number of nitrogens with zero attached hydrogens (tertiary/aromatic N) is 4. The monoisotopic (exact) mass is 338 g/mol. The number of hydrogen-bond donors (Lipinski definition) is 0. The highest BCUT2D eigenvalue weighted by Gasteiger charge is 2.13. The van der Waals surface area contributed by atoms with Crippen LogP contribution in [-0.4, -0.2) is 26.9 Å². The molecule has 0 N–H and O–H groups in total. The molecule has 0 spiro atoms. The minimum absolute atomic E-state index is 0.382. The Bertz CT molecular complexity index is 759. The minimum Gasteiger partial charge on any atom is -0.497 e. The predicted molar refractivity (Wildman–Crippen MR) is 75.5 cm³/mol. The number of halogens is 2. The van der Waals surface area contributed by atoms with Crippen molar-refractivity contribution in [3.8, 4) is 17.1 Å². The quantitative estimate of drug-likeness (QED) is 0.719. The van der Waals surface area contributed by atoms with Gasteiger partial charge in [0.05, 0.1) is 7.11 Å². The van der Waals surface area contributed by atoms with Gasteiger partial charge in [0.25, 0.3) is 0 Å². The Balaban J connectivity index is 2.26. The number of hydrogen-bond acceptors (Lipinski definition) is 4. The van der Waals surface area contributed by atoms with Crippen LogP contribution in [0.2, 0.25) is 5.15 Å². The zero-order chi connectivity index (χ0) is 13.4. The molecule has 0 aliphatic carbocycles. The zero-order valence-electron chi connectivity index (χ0n) is 9.84. The smallest absolute Gasteiger partial charge is 0.186 e. The summed E-state index contributed by atoms with van der Waals surface area (Å²) >= 11 is 9.40. The van der Waals surface area contributed by atoms with Crippen molar-refractivity contribution >= 4 is 33.2 Å². The van der Waals surface area contributed by atoms with Gasteiger partial charge in [-0.05, 0) is 30.3 Å².